The molecule has 196 valence electrons. The van der Waals surface area contributed by atoms with Gasteiger partial charge in [-0.1, -0.05) is 6.07 Å². The summed E-state index contributed by atoms with van der Waals surface area (Å²) in [5.74, 6) is -0.909. The third-order valence-electron chi connectivity index (χ3n) is 7.21. The standard InChI is InChI=1S/C27H32F2N6O2/c1-16(36)30-14-17-7-8-24(34-25(17)22-15-31-26-21(22)11-18(28)12-23(26)29)32-19-5-4-6-20(13-19)33-27(37)35-9-2-3-10-35/h7-8,11-12,15,19-20,31H,2-6,9-10,13-14H2,1H3,(H,30,36)(H,32,34)(H,33,37)/t19-,20+/m0/s1. The van der Waals surface area contributed by atoms with Crippen LogP contribution in [0.4, 0.5) is 19.4 Å². The van der Waals surface area contributed by atoms with Gasteiger partial charge < -0.3 is 25.8 Å². The van der Waals surface area contributed by atoms with Crippen molar-refractivity contribution in [3.63, 3.8) is 0 Å². The van der Waals surface area contributed by atoms with E-state index in [2.05, 4.69) is 20.9 Å². The lowest BCUT2D eigenvalue weighted by molar-refractivity contribution is -0.119. The second-order valence-electron chi connectivity index (χ2n) is 9.97. The molecule has 1 saturated carbocycles. The first kappa shape index (κ1) is 25.0. The molecular formula is C27H32F2N6O2. The zero-order chi connectivity index (χ0) is 25.9. The number of benzene rings is 1. The molecule has 3 aromatic rings. The van der Waals surface area contributed by atoms with Crippen molar-refractivity contribution in [3.8, 4) is 11.3 Å². The molecule has 0 radical (unpaired) electrons. The number of aromatic amines is 1. The SMILES string of the molecule is CC(=O)NCc1ccc(N[C@H]2CCC[C@@H](NC(=O)N3CCCC3)C2)nc1-c1c[nH]c2c(F)cc(F)cc12. The molecule has 0 unspecified atom stereocenters. The summed E-state index contributed by atoms with van der Waals surface area (Å²) in [6.07, 6.45) is 7.39. The maximum Gasteiger partial charge on any atom is 0.317 e. The summed E-state index contributed by atoms with van der Waals surface area (Å²) in [7, 11) is 0. The Labute approximate surface area is 214 Å². The maximum atomic E-state index is 14.4. The van der Waals surface area contributed by atoms with E-state index >= 15 is 0 Å². The smallest absolute Gasteiger partial charge is 0.317 e. The van der Waals surface area contributed by atoms with Gasteiger partial charge in [0, 0.05) is 61.9 Å². The molecule has 2 fully saturated rings. The number of hydrogen-bond donors (Lipinski definition) is 4. The molecule has 0 spiro atoms. The highest BCUT2D eigenvalue weighted by molar-refractivity contribution is 5.96. The molecule has 2 atom stereocenters. The van der Waals surface area contributed by atoms with E-state index in [1.54, 1.807) is 6.20 Å². The Balaban J connectivity index is 1.37. The number of anilines is 1. The summed E-state index contributed by atoms with van der Waals surface area (Å²) in [4.78, 5) is 33.7. The summed E-state index contributed by atoms with van der Waals surface area (Å²) in [5, 5.41) is 9.85. The predicted molar refractivity (Wildman–Crippen MR) is 138 cm³/mol. The van der Waals surface area contributed by atoms with Gasteiger partial charge in [0.25, 0.3) is 0 Å². The van der Waals surface area contributed by atoms with Gasteiger partial charge in [0.1, 0.15) is 17.5 Å². The number of likely N-dealkylation sites (tertiary alicyclic amines) is 1. The van der Waals surface area contributed by atoms with Crippen LogP contribution in [0.2, 0.25) is 0 Å². The Morgan fingerprint density at radius 2 is 1.89 bits per heavy atom. The lowest BCUT2D eigenvalue weighted by atomic mass is 9.91. The van der Waals surface area contributed by atoms with Gasteiger partial charge in [0.15, 0.2) is 0 Å². The van der Waals surface area contributed by atoms with E-state index in [0.29, 0.717) is 22.5 Å². The Bertz CT molecular complexity index is 1300. The fraction of sp³-hybridized carbons (Fsp3) is 0.444. The van der Waals surface area contributed by atoms with Crippen molar-refractivity contribution < 1.29 is 18.4 Å². The van der Waals surface area contributed by atoms with Crippen molar-refractivity contribution in [1.29, 1.82) is 0 Å². The largest absolute Gasteiger partial charge is 0.367 e. The van der Waals surface area contributed by atoms with Crippen LogP contribution in [-0.2, 0) is 11.3 Å². The maximum absolute atomic E-state index is 14.4. The Hall–Kier alpha value is -3.69. The molecule has 0 bridgehead atoms. The van der Waals surface area contributed by atoms with Crippen molar-refractivity contribution >= 4 is 28.7 Å². The molecule has 8 nitrogen and oxygen atoms in total. The van der Waals surface area contributed by atoms with Crippen LogP contribution in [0, 0.1) is 11.6 Å². The minimum atomic E-state index is -0.678. The van der Waals surface area contributed by atoms with E-state index in [1.807, 2.05) is 17.0 Å². The molecule has 2 aromatic heterocycles. The Morgan fingerprint density at radius 1 is 1.11 bits per heavy atom. The van der Waals surface area contributed by atoms with Crippen LogP contribution in [0.5, 0.6) is 0 Å². The van der Waals surface area contributed by atoms with Crippen molar-refractivity contribution in [1.82, 2.24) is 25.5 Å². The minimum Gasteiger partial charge on any atom is -0.367 e. The summed E-state index contributed by atoms with van der Waals surface area (Å²) in [5.41, 5.74) is 2.01. The lowest BCUT2D eigenvalue weighted by Gasteiger charge is -2.32. The molecule has 3 amide bonds. The normalized spacial score (nSPS) is 19.7. The lowest BCUT2D eigenvalue weighted by Crippen LogP contribution is -2.47. The van der Waals surface area contributed by atoms with E-state index in [1.165, 1.54) is 13.0 Å². The molecule has 2 aliphatic rings. The number of aromatic nitrogens is 2. The number of rotatable bonds is 6. The van der Waals surface area contributed by atoms with E-state index in [4.69, 9.17) is 4.98 Å². The van der Waals surface area contributed by atoms with Crippen LogP contribution in [0.25, 0.3) is 22.2 Å². The first-order valence-corrected chi connectivity index (χ1v) is 12.9. The summed E-state index contributed by atoms with van der Waals surface area (Å²) >= 11 is 0. The third-order valence-corrected chi connectivity index (χ3v) is 7.21. The van der Waals surface area contributed by atoms with Crippen LogP contribution < -0.4 is 16.0 Å². The van der Waals surface area contributed by atoms with E-state index in [-0.39, 0.29) is 36.1 Å². The molecule has 1 aromatic carbocycles. The van der Waals surface area contributed by atoms with Crippen molar-refractivity contribution in [2.45, 2.75) is 64.1 Å². The molecule has 1 saturated heterocycles. The summed E-state index contributed by atoms with van der Waals surface area (Å²) in [6.45, 7) is 3.30. The van der Waals surface area contributed by atoms with Crippen molar-refractivity contribution in [2.75, 3.05) is 18.4 Å². The highest BCUT2D eigenvalue weighted by Crippen LogP contribution is 2.33. The second-order valence-corrected chi connectivity index (χ2v) is 9.97. The van der Waals surface area contributed by atoms with Gasteiger partial charge in [-0.15, -0.1) is 0 Å². The van der Waals surface area contributed by atoms with Crippen LogP contribution in [-0.4, -0.2) is 52.0 Å². The molecule has 1 aliphatic carbocycles. The molecular weight excluding hydrogens is 478 g/mol. The topological polar surface area (TPSA) is 102 Å². The zero-order valence-corrected chi connectivity index (χ0v) is 20.9. The highest BCUT2D eigenvalue weighted by atomic mass is 19.1. The number of carbonyl (C=O) groups excluding carboxylic acids is 2. The van der Waals surface area contributed by atoms with E-state index < -0.39 is 11.6 Å². The number of pyridine rings is 1. The quantitative estimate of drug-likeness (QED) is 0.387. The second kappa shape index (κ2) is 10.7. The van der Waals surface area contributed by atoms with Gasteiger partial charge in [-0.2, -0.15) is 0 Å². The molecule has 1 aliphatic heterocycles. The molecule has 10 heteroatoms. The van der Waals surface area contributed by atoms with Gasteiger partial charge in [0.2, 0.25) is 5.91 Å². The van der Waals surface area contributed by atoms with Gasteiger partial charge >= 0.3 is 6.03 Å². The Morgan fingerprint density at radius 3 is 2.68 bits per heavy atom. The van der Waals surface area contributed by atoms with Crippen LogP contribution in [0.3, 0.4) is 0 Å². The van der Waals surface area contributed by atoms with Crippen molar-refractivity contribution in [3.05, 3.63) is 47.7 Å². The minimum absolute atomic E-state index is 0.0182. The fourth-order valence-corrected chi connectivity index (χ4v) is 5.36. The third kappa shape index (κ3) is 5.68. The van der Waals surface area contributed by atoms with Crippen molar-refractivity contribution in [2.24, 2.45) is 0 Å². The van der Waals surface area contributed by atoms with Crippen LogP contribution in [0.1, 0.15) is 51.0 Å². The molecule has 37 heavy (non-hydrogen) atoms. The zero-order valence-electron chi connectivity index (χ0n) is 20.9. The number of fused-ring (bicyclic) bond motifs is 1. The van der Waals surface area contributed by atoms with Gasteiger partial charge in [-0.3, -0.25) is 4.79 Å². The van der Waals surface area contributed by atoms with Crippen LogP contribution >= 0.6 is 0 Å². The number of halogens is 2. The number of hydrogen-bond acceptors (Lipinski definition) is 4. The number of carbonyl (C=O) groups is 2. The predicted octanol–water partition coefficient (Wildman–Crippen LogP) is 4.67. The summed E-state index contributed by atoms with van der Waals surface area (Å²) in [6, 6.07) is 6.07. The van der Waals surface area contributed by atoms with Crippen LogP contribution in [0.15, 0.2) is 30.5 Å². The number of H-pyrrole nitrogens is 1. The monoisotopic (exact) mass is 510 g/mol. The average molecular weight is 511 g/mol. The number of urea groups is 1. The van der Waals surface area contributed by atoms with E-state index in [0.717, 1.165) is 63.2 Å². The first-order chi connectivity index (χ1) is 17.9. The number of nitrogens with zero attached hydrogens (tertiary/aromatic N) is 2. The van der Waals surface area contributed by atoms with Gasteiger partial charge in [0.05, 0.1) is 11.2 Å². The molecule has 5 rings (SSSR count). The highest BCUT2D eigenvalue weighted by Gasteiger charge is 2.26. The summed E-state index contributed by atoms with van der Waals surface area (Å²) < 4.78 is 28.4. The first-order valence-electron chi connectivity index (χ1n) is 12.9. The molecule has 3 heterocycles. The van der Waals surface area contributed by atoms with Gasteiger partial charge in [-0.25, -0.2) is 18.6 Å². The van der Waals surface area contributed by atoms with E-state index in [9.17, 15) is 18.4 Å². The van der Waals surface area contributed by atoms with Gasteiger partial charge in [-0.05, 0) is 56.2 Å². The molecule has 4 N–H and O–H groups in total. The fourth-order valence-electron chi connectivity index (χ4n) is 5.36. The number of amides is 3. The average Bonchev–Trinajstić information content (AvgIpc) is 3.54. The number of nitrogens with one attached hydrogen (secondary N) is 4. The Kier molecular flexibility index (Phi) is 7.25.